The van der Waals surface area contributed by atoms with E-state index in [2.05, 4.69) is 22.2 Å². The van der Waals surface area contributed by atoms with E-state index in [1.54, 1.807) is 12.5 Å². The quantitative estimate of drug-likeness (QED) is 0.675. The van der Waals surface area contributed by atoms with E-state index in [0.717, 1.165) is 18.8 Å². The number of rotatable bonds is 4. The zero-order valence-corrected chi connectivity index (χ0v) is 7.20. The van der Waals surface area contributed by atoms with Crippen LogP contribution in [0, 0.1) is 0 Å². The maximum absolute atomic E-state index is 4.05. The average Bonchev–Trinajstić information content (AvgIpc) is 2.14. The van der Waals surface area contributed by atoms with Crippen LogP contribution >= 0.6 is 0 Å². The summed E-state index contributed by atoms with van der Waals surface area (Å²) in [5.74, 6) is 0. The summed E-state index contributed by atoms with van der Waals surface area (Å²) in [7, 11) is 0. The molecule has 1 aromatic rings. The Balaban J connectivity index is 2.36. The Morgan fingerprint density at radius 2 is 2.50 bits per heavy atom. The Kier molecular flexibility index (Phi) is 4.02. The third-order valence-electron chi connectivity index (χ3n) is 1.41. The predicted octanol–water partition coefficient (Wildman–Crippen LogP) is 1.10. The number of nitrogens with one attached hydrogen (secondary N) is 1. The van der Waals surface area contributed by atoms with Gasteiger partial charge in [-0.2, -0.15) is 0 Å². The second-order valence-electron chi connectivity index (χ2n) is 2.34. The monoisotopic (exact) mass is 163 g/mol. The Morgan fingerprint density at radius 1 is 1.58 bits per heavy atom. The van der Waals surface area contributed by atoms with Crippen molar-refractivity contribution in [3.63, 3.8) is 0 Å². The standard InChI is InChI=1S/C9H13N3/c1-2-10-6-3-4-9-5-7-11-8-12-9/h3-5,7-8,10H,2,6H2,1H3. The van der Waals surface area contributed by atoms with Crippen LogP contribution in [-0.4, -0.2) is 23.1 Å². The predicted molar refractivity (Wildman–Crippen MR) is 49.6 cm³/mol. The normalized spacial score (nSPS) is 10.8. The van der Waals surface area contributed by atoms with Crippen molar-refractivity contribution in [2.75, 3.05) is 13.1 Å². The molecule has 0 amide bonds. The van der Waals surface area contributed by atoms with Crippen molar-refractivity contribution < 1.29 is 0 Å². The van der Waals surface area contributed by atoms with E-state index >= 15 is 0 Å². The minimum atomic E-state index is 0.889. The van der Waals surface area contributed by atoms with Crippen LogP contribution in [0.4, 0.5) is 0 Å². The molecule has 0 unspecified atom stereocenters. The maximum atomic E-state index is 4.05. The van der Waals surface area contributed by atoms with E-state index in [9.17, 15) is 0 Å². The van der Waals surface area contributed by atoms with Gasteiger partial charge in [-0.3, -0.25) is 0 Å². The molecule has 0 saturated carbocycles. The lowest BCUT2D eigenvalue weighted by atomic mass is 10.3. The Labute approximate surface area is 72.6 Å². The minimum Gasteiger partial charge on any atom is -0.314 e. The average molecular weight is 163 g/mol. The highest BCUT2D eigenvalue weighted by molar-refractivity contribution is 5.43. The third kappa shape index (κ3) is 3.25. The van der Waals surface area contributed by atoms with Gasteiger partial charge in [0.2, 0.25) is 0 Å². The van der Waals surface area contributed by atoms with Crippen molar-refractivity contribution in [3.8, 4) is 0 Å². The molecule has 3 heteroatoms. The van der Waals surface area contributed by atoms with Gasteiger partial charge in [-0.1, -0.05) is 13.0 Å². The molecule has 0 aliphatic heterocycles. The topological polar surface area (TPSA) is 37.8 Å². The lowest BCUT2D eigenvalue weighted by molar-refractivity contribution is 0.801. The maximum Gasteiger partial charge on any atom is 0.115 e. The molecule has 0 spiro atoms. The second-order valence-corrected chi connectivity index (χ2v) is 2.34. The minimum absolute atomic E-state index is 0.889. The first-order chi connectivity index (χ1) is 5.93. The molecule has 3 nitrogen and oxygen atoms in total. The van der Waals surface area contributed by atoms with Crippen LogP contribution in [0.5, 0.6) is 0 Å². The number of hydrogen-bond acceptors (Lipinski definition) is 3. The van der Waals surface area contributed by atoms with Gasteiger partial charge >= 0.3 is 0 Å². The third-order valence-corrected chi connectivity index (χ3v) is 1.41. The van der Waals surface area contributed by atoms with Gasteiger partial charge in [0.1, 0.15) is 6.33 Å². The molecule has 1 aromatic heterocycles. The molecule has 0 aliphatic rings. The van der Waals surface area contributed by atoms with Crippen molar-refractivity contribution in [2.24, 2.45) is 0 Å². The zero-order chi connectivity index (χ0) is 8.65. The molecule has 0 fully saturated rings. The number of nitrogens with zero attached hydrogens (tertiary/aromatic N) is 2. The number of aromatic nitrogens is 2. The van der Waals surface area contributed by atoms with Crippen LogP contribution < -0.4 is 5.32 Å². The summed E-state index contributed by atoms with van der Waals surface area (Å²) in [6.45, 7) is 3.97. The van der Waals surface area contributed by atoms with Gasteiger partial charge in [0, 0.05) is 12.7 Å². The first-order valence-electron chi connectivity index (χ1n) is 4.06. The fourth-order valence-electron chi connectivity index (χ4n) is 0.807. The van der Waals surface area contributed by atoms with Gasteiger partial charge in [-0.25, -0.2) is 9.97 Å². The Bertz CT molecular complexity index is 231. The first-order valence-corrected chi connectivity index (χ1v) is 4.06. The fraction of sp³-hybridized carbons (Fsp3) is 0.333. The van der Waals surface area contributed by atoms with Crippen molar-refractivity contribution in [2.45, 2.75) is 6.92 Å². The summed E-state index contributed by atoms with van der Waals surface area (Å²) in [6.07, 6.45) is 7.31. The molecule has 0 radical (unpaired) electrons. The van der Waals surface area contributed by atoms with E-state index in [0.29, 0.717) is 0 Å². The SMILES string of the molecule is CCNCC=Cc1ccncn1. The lowest BCUT2D eigenvalue weighted by Crippen LogP contribution is -2.11. The van der Waals surface area contributed by atoms with E-state index in [-0.39, 0.29) is 0 Å². The summed E-state index contributed by atoms with van der Waals surface area (Å²) in [5, 5.41) is 3.19. The highest BCUT2D eigenvalue weighted by Crippen LogP contribution is 1.92. The van der Waals surface area contributed by atoms with Gasteiger partial charge in [0.15, 0.2) is 0 Å². The van der Waals surface area contributed by atoms with Crippen LogP contribution in [-0.2, 0) is 0 Å². The van der Waals surface area contributed by atoms with Crippen LogP contribution in [0.1, 0.15) is 12.6 Å². The smallest absolute Gasteiger partial charge is 0.115 e. The van der Waals surface area contributed by atoms with Crippen LogP contribution in [0.25, 0.3) is 6.08 Å². The summed E-state index contributed by atoms with van der Waals surface area (Å²) in [4.78, 5) is 7.88. The molecule has 0 saturated heterocycles. The molecule has 0 bridgehead atoms. The second kappa shape index (κ2) is 5.43. The van der Waals surface area contributed by atoms with E-state index in [1.807, 2.05) is 18.2 Å². The van der Waals surface area contributed by atoms with Gasteiger partial charge in [0.25, 0.3) is 0 Å². The lowest BCUT2D eigenvalue weighted by Gasteiger charge is -1.92. The molecule has 0 aromatic carbocycles. The van der Waals surface area contributed by atoms with Crippen LogP contribution in [0.3, 0.4) is 0 Å². The summed E-state index contributed by atoms with van der Waals surface area (Å²) < 4.78 is 0. The molecular weight excluding hydrogens is 150 g/mol. The van der Waals surface area contributed by atoms with E-state index in [1.165, 1.54) is 0 Å². The van der Waals surface area contributed by atoms with Gasteiger partial charge in [-0.05, 0) is 18.7 Å². The number of likely N-dealkylation sites (N-methyl/N-ethyl adjacent to an activating group) is 1. The van der Waals surface area contributed by atoms with Crippen molar-refractivity contribution in [1.82, 2.24) is 15.3 Å². The zero-order valence-electron chi connectivity index (χ0n) is 7.20. The Hall–Kier alpha value is -1.22. The van der Waals surface area contributed by atoms with Crippen molar-refractivity contribution in [3.05, 3.63) is 30.4 Å². The Morgan fingerprint density at radius 3 is 3.17 bits per heavy atom. The molecular formula is C9H13N3. The molecule has 0 atom stereocenters. The van der Waals surface area contributed by atoms with Crippen molar-refractivity contribution in [1.29, 1.82) is 0 Å². The highest BCUT2D eigenvalue weighted by Gasteiger charge is 1.83. The highest BCUT2D eigenvalue weighted by atomic mass is 14.8. The van der Waals surface area contributed by atoms with Crippen LogP contribution in [0.2, 0.25) is 0 Å². The fourth-order valence-corrected chi connectivity index (χ4v) is 0.807. The summed E-state index contributed by atoms with van der Waals surface area (Å²) >= 11 is 0. The molecule has 1 heterocycles. The molecule has 1 N–H and O–H groups in total. The first kappa shape index (κ1) is 8.87. The van der Waals surface area contributed by atoms with E-state index < -0.39 is 0 Å². The molecule has 12 heavy (non-hydrogen) atoms. The molecule has 1 rings (SSSR count). The number of hydrogen-bond donors (Lipinski definition) is 1. The van der Waals surface area contributed by atoms with Gasteiger partial charge in [0.05, 0.1) is 5.69 Å². The van der Waals surface area contributed by atoms with Gasteiger partial charge in [-0.15, -0.1) is 0 Å². The molecule has 64 valence electrons. The van der Waals surface area contributed by atoms with Gasteiger partial charge < -0.3 is 5.32 Å². The van der Waals surface area contributed by atoms with Crippen molar-refractivity contribution >= 4 is 6.08 Å². The summed E-state index contributed by atoms with van der Waals surface area (Å²) in [6, 6.07) is 1.88. The van der Waals surface area contributed by atoms with E-state index in [4.69, 9.17) is 0 Å². The molecule has 0 aliphatic carbocycles. The largest absolute Gasteiger partial charge is 0.314 e. The summed E-state index contributed by atoms with van der Waals surface area (Å²) in [5.41, 5.74) is 0.947. The van der Waals surface area contributed by atoms with Crippen LogP contribution in [0.15, 0.2) is 24.7 Å².